The lowest BCUT2D eigenvalue weighted by atomic mass is 10.1. The Morgan fingerprint density at radius 3 is 1.88 bits per heavy atom. The molecule has 1 amide bonds. The summed E-state index contributed by atoms with van der Waals surface area (Å²) in [6.07, 6.45) is 1.26. The summed E-state index contributed by atoms with van der Waals surface area (Å²) in [6, 6.07) is 4.92. The molecule has 2 aromatic carbocycles. The van der Waals surface area contributed by atoms with Gasteiger partial charge in [-0.25, -0.2) is 26.3 Å². The van der Waals surface area contributed by atoms with Crippen molar-refractivity contribution in [2.24, 2.45) is 5.10 Å². The van der Waals surface area contributed by atoms with Gasteiger partial charge in [-0.3, -0.25) is 4.79 Å². The van der Waals surface area contributed by atoms with Crippen molar-refractivity contribution >= 4 is 23.4 Å². The maximum absolute atomic E-state index is 13.9. The molecule has 0 atom stereocenters. The zero-order valence-electron chi connectivity index (χ0n) is 13.0. The van der Waals surface area contributed by atoms with Gasteiger partial charge in [0.2, 0.25) is 5.82 Å². The molecule has 0 unspecified atom stereocenters. The van der Waals surface area contributed by atoms with E-state index in [0.29, 0.717) is 5.56 Å². The van der Waals surface area contributed by atoms with E-state index in [1.165, 1.54) is 25.1 Å². The van der Waals surface area contributed by atoms with Gasteiger partial charge in [-0.1, -0.05) is 12.1 Å². The van der Waals surface area contributed by atoms with Crippen molar-refractivity contribution in [2.75, 3.05) is 5.01 Å². The number of anilines is 1. The molecular formula is C17H8F6N2O. The van der Waals surface area contributed by atoms with Crippen molar-refractivity contribution in [3.05, 3.63) is 70.3 Å². The Bertz CT molecular complexity index is 953. The first kappa shape index (κ1) is 17.7. The number of carbonyl (C=O) groups excluding carboxylic acids is 1. The maximum atomic E-state index is 13.9. The molecule has 1 aliphatic rings. The van der Waals surface area contributed by atoms with E-state index >= 15 is 0 Å². The largest absolute Gasteiger partial charge is 0.280 e. The Hall–Kier alpha value is -3.10. The molecular weight excluding hydrogens is 362 g/mol. The molecule has 1 aliphatic heterocycles. The molecule has 0 bridgehead atoms. The fourth-order valence-corrected chi connectivity index (χ4v) is 2.34. The van der Waals surface area contributed by atoms with Gasteiger partial charge in [-0.05, 0) is 30.7 Å². The Morgan fingerprint density at radius 1 is 0.846 bits per heavy atom. The van der Waals surface area contributed by atoms with Crippen molar-refractivity contribution < 1.29 is 31.1 Å². The number of hydrogen-bond donors (Lipinski definition) is 0. The minimum atomic E-state index is -2.34. The van der Waals surface area contributed by atoms with E-state index in [9.17, 15) is 31.1 Å². The summed E-state index contributed by atoms with van der Waals surface area (Å²) < 4.78 is 80.6. The third kappa shape index (κ3) is 2.75. The number of rotatable bonds is 2. The normalized spacial score (nSPS) is 15.8. The van der Waals surface area contributed by atoms with Gasteiger partial charge in [0.05, 0.1) is 11.3 Å². The lowest BCUT2D eigenvalue weighted by Gasteiger charge is -2.15. The van der Waals surface area contributed by atoms with Gasteiger partial charge in [0.1, 0.15) is 11.5 Å². The van der Waals surface area contributed by atoms with Gasteiger partial charge in [0.15, 0.2) is 23.3 Å². The molecule has 134 valence electrons. The Labute approximate surface area is 142 Å². The minimum Gasteiger partial charge on any atom is -0.267 e. The van der Waals surface area contributed by atoms with Crippen LogP contribution in [0.1, 0.15) is 12.5 Å². The van der Waals surface area contributed by atoms with Crippen LogP contribution in [0.5, 0.6) is 0 Å². The second-order valence-corrected chi connectivity index (χ2v) is 5.33. The highest BCUT2D eigenvalue weighted by atomic mass is 19.2. The van der Waals surface area contributed by atoms with Gasteiger partial charge in [-0.15, -0.1) is 0 Å². The van der Waals surface area contributed by atoms with Crippen molar-refractivity contribution in [3.63, 3.8) is 0 Å². The Kier molecular flexibility index (Phi) is 4.31. The lowest BCUT2D eigenvalue weighted by molar-refractivity contribution is -0.114. The average molecular weight is 370 g/mol. The summed E-state index contributed by atoms with van der Waals surface area (Å²) in [6.45, 7) is 1.32. The van der Waals surface area contributed by atoms with Gasteiger partial charge in [-0.2, -0.15) is 10.1 Å². The van der Waals surface area contributed by atoms with Crippen LogP contribution in [0.25, 0.3) is 6.08 Å². The monoisotopic (exact) mass is 370 g/mol. The van der Waals surface area contributed by atoms with E-state index in [-0.39, 0.29) is 16.3 Å². The lowest BCUT2D eigenvalue weighted by Crippen LogP contribution is -2.25. The van der Waals surface area contributed by atoms with E-state index in [1.54, 1.807) is 0 Å². The van der Waals surface area contributed by atoms with Crippen LogP contribution in [0.15, 0.2) is 34.9 Å². The van der Waals surface area contributed by atoms with Crippen LogP contribution in [-0.2, 0) is 4.79 Å². The van der Waals surface area contributed by atoms with Crippen molar-refractivity contribution in [3.8, 4) is 0 Å². The minimum absolute atomic E-state index is 0.0109. The van der Waals surface area contributed by atoms with Crippen LogP contribution in [0.2, 0.25) is 0 Å². The smallest absolute Gasteiger partial charge is 0.267 e. The SMILES string of the molecule is CC1=NN(c2c(F)c(F)c(F)c(F)c2F)C(=O)/C1=C\c1ccc(F)cc1. The number of amides is 1. The Morgan fingerprint density at radius 2 is 1.35 bits per heavy atom. The second-order valence-electron chi connectivity index (χ2n) is 5.33. The Balaban J connectivity index is 2.08. The molecule has 3 rings (SSSR count). The third-order valence-corrected chi connectivity index (χ3v) is 3.64. The highest BCUT2D eigenvalue weighted by molar-refractivity contribution is 6.32. The molecule has 0 saturated carbocycles. The van der Waals surface area contributed by atoms with Gasteiger partial charge in [0.25, 0.3) is 5.91 Å². The van der Waals surface area contributed by atoms with Crippen LogP contribution in [0, 0.1) is 34.9 Å². The van der Waals surface area contributed by atoms with E-state index in [2.05, 4.69) is 5.10 Å². The molecule has 0 fully saturated rings. The summed E-state index contributed by atoms with van der Waals surface area (Å²) >= 11 is 0. The standard InChI is InChI=1S/C17H8F6N2O/c1-7-10(6-8-2-4-9(18)5-3-8)17(26)25(24-7)16-14(22)12(20)11(19)13(21)15(16)23/h2-6H,1H3/b10-6-. The summed E-state index contributed by atoms with van der Waals surface area (Å²) in [5, 5.41) is 3.70. The fraction of sp³-hybridized carbons (Fsp3) is 0.0588. The molecule has 3 nitrogen and oxygen atoms in total. The predicted octanol–water partition coefficient (Wildman–Crippen LogP) is 4.33. The number of hydrogen-bond acceptors (Lipinski definition) is 2. The van der Waals surface area contributed by atoms with Gasteiger partial charge in [0, 0.05) is 0 Å². The number of hydrazone groups is 1. The van der Waals surface area contributed by atoms with Crippen LogP contribution in [0.4, 0.5) is 32.0 Å². The molecule has 0 aromatic heterocycles. The van der Waals surface area contributed by atoms with E-state index in [4.69, 9.17) is 0 Å². The summed E-state index contributed by atoms with van der Waals surface area (Å²) in [4.78, 5) is 12.4. The zero-order chi connectivity index (χ0) is 19.2. The van der Waals surface area contributed by atoms with E-state index in [1.807, 2.05) is 0 Å². The van der Waals surface area contributed by atoms with Gasteiger partial charge < -0.3 is 0 Å². The molecule has 0 N–H and O–H groups in total. The first-order valence-electron chi connectivity index (χ1n) is 7.11. The first-order chi connectivity index (χ1) is 12.2. The summed E-state index contributed by atoms with van der Waals surface area (Å²) in [7, 11) is 0. The van der Waals surface area contributed by atoms with Crippen LogP contribution >= 0.6 is 0 Å². The van der Waals surface area contributed by atoms with E-state index in [0.717, 1.165) is 12.1 Å². The van der Waals surface area contributed by atoms with Crippen LogP contribution < -0.4 is 5.01 Å². The van der Waals surface area contributed by atoms with Crippen molar-refractivity contribution in [2.45, 2.75) is 6.92 Å². The molecule has 1 heterocycles. The molecule has 0 saturated heterocycles. The highest BCUT2D eigenvalue weighted by Crippen LogP contribution is 2.33. The quantitative estimate of drug-likeness (QED) is 0.335. The number of carbonyl (C=O) groups is 1. The van der Waals surface area contributed by atoms with Crippen molar-refractivity contribution in [1.29, 1.82) is 0 Å². The molecule has 0 aliphatic carbocycles. The topological polar surface area (TPSA) is 32.7 Å². The molecule has 2 aromatic rings. The molecule has 9 heteroatoms. The number of nitrogens with zero attached hydrogens (tertiary/aromatic N) is 2. The predicted molar refractivity (Wildman–Crippen MR) is 81.2 cm³/mol. The first-order valence-corrected chi connectivity index (χ1v) is 7.11. The number of benzene rings is 2. The maximum Gasteiger partial charge on any atom is 0.280 e. The van der Waals surface area contributed by atoms with Gasteiger partial charge >= 0.3 is 0 Å². The van der Waals surface area contributed by atoms with Crippen LogP contribution in [0.3, 0.4) is 0 Å². The van der Waals surface area contributed by atoms with Crippen molar-refractivity contribution in [1.82, 2.24) is 0 Å². The fourth-order valence-electron chi connectivity index (χ4n) is 2.34. The molecule has 0 radical (unpaired) electrons. The second kappa shape index (κ2) is 6.32. The molecule has 26 heavy (non-hydrogen) atoms. The molecule has 0 spiro atoms. The van der Waals surface area contributed by atoms with E-state index < -0.39 is 46.5 Å². The van der Waals surface area contributed by atoms with Crippen LogP contribution in [-0.4, -0.2) is 11.6 Å². The highest BCUT2D eigenvalue weighted by Gasteiger charge is 2.36. The summed E-state index contributed by atoms with van der Waals surface area (Å²) in [5.74, 6) is -12.7. The summed E-state index contributed by atoms with van der Waals surface area (Å²) in [5.41, 5.74) is -1.24. The zero-order valence-corrected chi connectivity index (χ0v) is 13.0. The third-order valence-electron chi connectivity index (χ3n) is 3.64. The average Bonchev–Trinajstić information content (AvgIpc) is 2.88. The number of halogens is 6.